The quantitative estimate of drug-likeness (QED) is 0.774. The second kappa shape index (κ2) is 6.28. The van der Waals surface area contributed by atoms with E-state index in [0.717, 1.165) is 16.5 Å². The molecule has 1 atom stereocenters. The van der Waals surface area contributed by atoms with Crippen molar-refractivity contribution >= 4 is 26.7 Å². The molecule has 1 saturated carbocycles. The summed E-state index contributed by atoms with van der Waals surface area (Å²) in [6.45, 7) is 0. The van der Waals surface area contributed by atoms with Gasteiger partial charge in [-0.3, -0.25) is 0 Å². The molecule has 0 amide bonds. The van der Waals surface area contributed by atoms with Gasteiger partial charge in [0.05, 0.1) is 6.10 Å². The lowest BCUT2D eigenvalue weighted by Crippen LogP contribution is -2.11. The van der Waals surface area contributed by atoms with Gasteiger partial charge in [-0.05, 0) is 46.9 Å². The molecule has 0 bridgehead atoms. The summed E-state index contributed by atoms with van der Waals surface area (Å²) in [6.07, 6.45) is 7.23. The summed E-state index contributed by atoms with van der Waals surface area (Å²) >= 11 is 3.50. The maximum Gasteiger partial charge on any atom is 0.0792 e. The van der Waals surface area contributed by atoms with E-state index in [9.17, 15) is 5.11 Å². The third-order valence-electron chi connectivity index (χ3n) is 4.49. The van der Waals surface area contributed by atoms with E-state index in [4.69, 9.17) is 0 Å². The zero-order valence-electron chi connectivity index (χ0n) is 11.7. The summed E-state index contributed by atoms with van der Waals surface area (Å²) < 4.78 is 1.10. The predicted molar refractivity (Wildman–Crippen MR) is 87.8 cm³/mol. The molecule has 2 heteroatoms. The van der Waals surface area contributed by atoms with Crippen LogP contribution in [0.2, 0.25) is 0 Å². The maximum absolute atomic E-state index is 10.5. The summed E-state index contributed by atoms with van der Waals surface area (Å²) in [5, 5.41) is 12.9. The maximum atomic E-state index is 10.5. The van der Waals surface area contributed by atoms with Crippen LogP contribution in [0, 0.1) is 5.92 Å². The highest BCUT2D eigenvalue weighted by atomic mass is 79.9. The highest BCUT2D eigenvalue weighted by Crippen LogP contribution is 2.33. The first-order valence-corrected chi connectivity index (χ1v) is 8.39. The number of fused-ring (bicyclic) bond motifs is 1. The van der Waals surface area contributed by atoms with Crippen LogP contribution in [-0.2, 0) is 0 Å². The first kappa shape index (κ1) is 14.1. The molecule has 0 radical (unpaired) electrons. The zero-order valence-corrected chi connectivity index (χ0v) is 13.3. The third-order valence-corrected chi connectivity index (χ3v) is 4.99. The van der Waals surface area contributed by atoms with Gasteiger partial charge < -0.3 is 5.11 Å². The number of benzene rings is 2. The molecule has 1 aliphatic carbocycles. The SMILES string of the molecule is OC(CC1CCCCC1)c1ccc2cc(Br)ccc2c1. The Morgan fingerprint density at radius 3 is 2.50 bits per heavy atom. The molecule has 0 aromatic heterocycles. The van der Waals surface area contributed by atoms with Crippen molar-refractivity contribution in [3.63, 3.8) is 0 Å². The van der Waals surface area contributed by atoms with Gasteiger partial charge in [-0.1, -0.05) is 66.2 Å². The Morgan fingerprint density at radius 1 is 1.00 bits per heavy atom. The van der Waals surface area contributed by atoms with Crippen LogP contribution in [0.3, 0.4) is 0 Å². The van der Waals surface area contributed by atoms with Crippen LogP contribution in [0.25, 0.3) is 10.8 Å². The number of halogens is 1. The minimum Gasteiger partial charge on any atom is -0.388 e. The average molecular weight is 333 g/mol. The van der Waals surface area contributed by atoms with Crippen LogP contribution in [-0.4, -0.2) is 5.11 Å². The van der Waals surface area contributed by atoms with E-state index in [0.29, 0.717) is 5.92 Å². The van der Waals surface area contributed by atoms with Crippen LogP contribution < -0.4 is 0 Å². The Kier molecular flexibility index (Phi) is 4.42. The molecular formula is C18H21BrO. The van der Waals surface area contributed by atoms with Crippen LogP contribution >= 0.6 is 15.9 Å². The molecule has 1 nitrogen and oxygen atoms in total. The van der Waals surface area contributed by atoms with Gasteiger partial charge in [0.2, 0.25) is 0 Å². The first-order chi connectivity index (χ1) is 9.72. The molecule has 20 heavy (non-hydrogen) atoms. The monoisotopic (exact) mass is 332 g/mol. The van der Waals surface area contributed by atoms with Crippen molar-refractivity contribution in [1.29, 1.82) is 0 Å². The molecule has 2 aromatic carbocycles. The standard InChI is InChI=1S/C18H21BrO/c19-17-9-8-14-11-16(7-6-15(14)12-17)18(20)10-13-4-2-1-3-5-13/h6-9,11-13,18,20H,1-5,10H2. The molecule has 1 aliphatic rings. The van der Waals surface area contributed by atoms with E-state index >= 15 is 0 Å². The van der Waals surface area contributed by atoms with Crippen molar-refractivity contribution in [2.75, 3.05) is 0 Å². The fourth-order valence-corrected chi connectivity index (χ4v) is 3.70. The Hall–Kier alpha value is -0.860. The molecule has 1 unspecified atom stereocenters. The van der Waals surface area contributed by atoms with E-state index in [1.54, 1.807) is 0 Å². The van der Waals surface area contributed by atoms with Crippen molar-refractivity contribution in [1.82, 2.24) is 0 Å². The first-order valence-electron chi connectivity index (χ1n) is 7.59. The van der Waals surface area contributed by atoms with Gasteiger partial charge in [0.15, 0.2) is 0 Å². The molecule has 2 aromatic rings. The largest absolute Gasteiger partial charge is 0.388 e. The minimum absolute atomic E-state index is 0.314. The van der Waals surface area contributed by atoms with E-state index in [2.05, 4.69) is 52.3 Å². The highest BCUT2D eigenvalue weighted by Gasteiger charge is 2.18. The lowest BCUT2D eigenvalue weighted by molar-refractivity contribution is 0.131. The number of hydrogen-bond acceptors (Lipinski definition) is 1. The smallest absolute Gasteiger partial charge is 0.0792 e. The molecule has 0 spiro atoms. The van der Waals surface area contributed by atoms with Gasteiger partial charge >= 0.3 is 0 Å². The van der Waals surface area contributed by atoms with Crippen molar-refractivity contribution in [3.05, 3.63) is 46.4 Å². The Labute approximate surface area is 129 Å². The van der Waals surface area contributed by atoms with E-state index in [1.807, 2.05) is 0 Å². The molecule has 1 N–H and O–H groups in total. The van der Waals surface area contributed by atoms with Gasteiger partial charge in [0.1, 0.15) is 0 Å². The van der Waals surface area contributed by atoms with Gasteiger partial charge in [-0.2, -0.15) is 0 Å². The topological polar surface area (TPSA) is 20.2 Å². The van der Waals surface area contributed by atoms with Gasteiger partial charge in [0.25, 0.3) is 0 Å². The van der Waals surface area contributed by atoms with Gasteiger partial charge in [-0.15, -0.1) is 0 Å². The van der Waals surface area contributed by atoms with Crippen LogP contribution in [0.15, 0.2) is 40.9 Å². The van der Waals surface area contributed by atoms with E-state index in [1.165, 1.54) is 42.9 Å². The van der Waals surface area contributed by atoms with Crippen LogP contribution in [0.4, 0.5) is 0 Å². The molecule has 0 saturated heterocycles. The Balaban J connectivity index is 1.76. The number of rotatable bonds is 3. The van der Waals surface area contributed by atoms with E-state index in [-0.39, 0.29) is 6.10 Å². The van der Waals surface area contributed by atoms with Crippen LogP contribution in [0.5, 0.6) is 0 Å². The molecule has 3 rings (SSSR count). The summed E-state index contributed by atoms with van der Waals surface area (Å²) in [5.74, 6) is 0.708. The average Bonchev–Trinajstić information content (AvgIpc) is 2.47. The zero-order chi connectivity index (χ0) is 13.9. The molecule has 0 heterocycles. The fraction of sp³-hybridized carbons (Fsp3) is 0.444. The lowest BCUT2D eigenvalue weighted by atomic mass is 9.84. The van der Waals surface area contributed by atoms with Gasteiger partial charge in [0, 0.05) is 4.47 Å². The van der Waals surface area contributed by atoms with Gasteiger partial charge in [-0.25, -0.2) is 0 Å². The van der Waals surface area contributed by atoms with Crippen molar-refractivity contribution in [2.24, 2.45) is 5.92 Å². The number of hydrogen-bond donors (Lipinski definition) is 1. The Morgan fingerprint density at radius 2 is 1.70 bits per heavy atom. The Bertz CT molecular complexity index is 587. The summed E-state index contributed by atoms with van der Waals surface area (Å²) in [5.41, 5.74) is 1.06. The van der Waals surface area contributed by atoms with E-state index < -0.39 is 0 Å². The normalized spacial score (nSPS) is 18.3. The second-order valence-corrected chi connectivity index (χ2v) is 6.92. The number of aliphatic hydroxyl groups is 1. The number of aliphatic hydroxyl groups excluding tert-OH is 1. The predicted octanol–water partition coefficient (Wildman–Crippen LogP) is 5.61. The minimum atomic E-state index is -0.314. The third kappa shape index (κ3) is 3.24. The lowest BCUT2D eigenvalue weighted by Gasteiger charge is -2.24. The van der Waals surface area contributed by atoms with Crippen molar-refractivity contribution in [3.8, 4) is 0 Å². The summed E-state index contributed by atoms with van der Waals surface area (Å²) in [4.78, 5) is 0. The molecular weight excluding hydrogens is 312 g/mol. The molecule has 106 valence electrons. The fourth-order valence-electron chi connectivity index (χ4n) is 3.32. The summed E-state index contributed by atoms with van der Waals surface area (Å²) in [6, 6.07) is 12.6. The highest BCUT2D eigenvalue weighted by molar-refractivity contribution is 9.10. The van der Waals surface area contributed by atoms with Crippen LogP contribution in [0.1, 0.15) is 50.2 Å². The van der Waals surface area contributed by atoms with Crippen molar-refractivity contribution < 1.29 is 5.11 Å². The second-order valence-electron chi connectivity index (χ2n) is 6.01. The van der Waals surface area contributed by atoms with Crippen molar-refractivity contribution in [2.45, 2.75) is 44.6 Å². The summed E-state index contributed by atoms with van der Waals surface area (Å²) in [7, 11) is 0. The molecule has 1 fully saturated rings. The molecule has 0 aliphatic heterocycles.